The average Bonchev–Trinajstić information content (AvgIpc) is 3.39. The fourth-order valence-corrected chi connectivity index (χ4v) is 2.96. The van der Waals surface area contributed by atoms with Crippen LogP contribution in [0.3, 0.4) is 0 Å². The second-order valence-electron chi connectivity index (χ2n) is 6.17. The van der Waals surface area contributed by atoms with Gasteiger partial charge in [0.05, 0.1) is 5.92 Å². The molecule has 1 saturated carbocycles. The molecule has 0 aromatic heterocycles. The van der Waals surface area contributed by atoms with Crippen LogP contribution in [0, 0.1) is 17.6 Å². The summed E-state index contributed by atoms with van der Waals surface area (Å²) in [7, 11) is 0. The van der Waals surface area contributed by atoms with Crippen LogP contribution in [0.1, 0.15) is 29.4 Å². The molecule has 3 atom stereocenters. The average molecular weight is 345 g/mol. The van der Waals surface area contributed by atoms with E-state index in [1.807, 2.05) is 0 Å². The number of nitrogens with one attached hydrogen (secondary N) is 1. The molecular weight excluding hydrogens is 328 g/mol. The fourth-order valence-electron chi connectivity index (χ4n) is 2.96. The van der Waals surface area contributed by atoms with Gasteiger partial charge in [-0.25, -0.2) is 8.78 Å². The molecule has 1 fully saturated rings. The molecule has 1 amide bonds. The van der Waals surface area contributed by atoms with Crippen molar-refractivity contribution in [3.63, 3.8) is 0 Å². The zero-order valence-electron chi connectivity index (χ0n) is 13.3. The number of carbonyl (C=O) groups is 2. The predicted molar refractivity (Wildman–Crippen MR) is 87.0 cm³/mol. The highest BCUT2D eigenvalue weighted by Gasteiger charge is 2.44. The molecule has 130 valence electrons. The van der Waals surface area contributed by atoms with Gasteiger partial charge in [-0.3, -0.25) is 9.59 Å². The summed E-state index contributed by atoms with van der Waals surface area (Å²) < 4.78 is 26.3. The lowest BCUT2D eigenvalue weighted by Gasteiger charge is -2.14. The summed E-state index contributed by atoms with van der Waals surface area (Å²) in [6.45, 7) is -0.0147. The summed E-state index contributed by atoms with van der Waals surface area (Å²) >= 11 is 0. The highest BCUT2D eigenvalue weighted by Crippen LogP contribution is 2.47. The Labute approximate surface area is 143 Å². The number of amides is 1. The normalized spacial score (nSPS) is 19.9. The van der Waals surface area contributed by atoms with Gasteiger partial charge in [-0.1, -0.05) is 36.4 Å². The Kier molecular flexibility index (Phi) is 4.79. The highest BCUT2D eigenvalue weighted by atomic mass is 19.2. The molecule has 0 saturated heterocycles. The van der Waals surface area contributed by atoms with E-state index in [2.05, 4.69) is 5.32 Å². The Balaban J connectivity index is 1.59. The van der Waals surface area contributed by atoms with E-state index in [-0.39, 0.29) is 24.3 Å². The number of benzene rings is 2. The second-order valence-corrected chi connectivity index (χ2v) is 6.17. The number of aliphatic carboxylic acids is 1. The van der Waals surface area contributed by atoms with Gasteiger partial charge in [-0.05, 0) is 35.6 Å². The predicted octanol–water partition coefficient (Wildman–Crippen LogP) is 3.05. The van der Waals surface area contributed by atoms with E-state index >= 15 is 0 Å². The van der Waals surface area contributed by atoms with E-state index in [1.54, 1.807) is 30.3 Å². The van der Waals surface area contributed by atoms with Crippen molar-refractivity contribution in [3.8, 4) is 0 Å². The molecular formula is C19H17F2NO3. The molecule has 2 N–H and O–H groups in total. The Morgan fingerprint density at radius 3 is 2.48 bits per heavy atom. The van der Waals surface area contributed by atoms with Crippen LogP contribution in [0.5, 0.6) is 0 Å². The summed E-state index contributed by atoms with van der Waals surface area (Å²) in [5, 5.41) is 12.0. The molecule has 2 aromatic rings. The lowest BCUT2D eigenvalue weighted by molar-refractivity contribution is -0.138. The third kappa shape index (κ3) is 3.84. The van der Waals surface area contributed by atoms with E-state index < -0.39 is 23.5 Å². The minimum atomic E-state index is -1.01. The number of carboxylic acids is 1. The Bertz CT molecular complexity index is 795. The fraction of sp³-hybridized carbons (Fsp3) is 0.263. The molecule has 1 aliphatic rings. The molecule has 0 bridgehead atoms. The number of carbonyl (C=O) groups excluding carboxylic acids is 1. The SMILES string of the molecule is O=C(O)C(CNC(=O)C1CC1c1ccc(F)c(F)c1)c1ccccc1. The first-order valence-electron chi connectivity index (χ1n) is 7.97. The third-order valence-electron chi connectivity index (χ3n) is 4.48. The number of halogens is 2. The van der Waals surface area contributed by atoms with Gasteiger partial charge >= 0.3 is 5.97 Å². The molecule has 25 heavy (non-hydrogen) atoms. The van der Waals surface area contributed by atoms with Gasteiger partial charge in [0.25, 0.3) is 0 Å². The molecule has 0 spiro atoms. The Hall–Kier alpha value is -2.76. The molecule has 1 aliphatic carbocycles. The van der Waals surface area contributed by atoms with E-state index in [9.17, 15) is 23.5 Å². The van der Waals surface area contributed by atoms with Crippen LogP contribution < -0.4 is 5.32 Å². The lowest BCUT2D eigenvalue weighted by Crippen LogP contribution is -2.32. The van der Waals surface area contributed by atoms with E-state index in [4.69, 9.17) is 0 Å². The van der Waals surface area contributed by atoms with Crippen LogP contribution in [0.2, 0.25) is 0 Å². The second kappa shape index (κ2) is 7.01. The molecule has 6 heteroatoms. The summed E-state index contributed by atoms with van der Waals surface area (Å²) in [5.41, 5.74) is 1.19. The zero-order chi connectivity index (χ0) is 18.0. The minimum absolute atomic E-state index is 0.0147. The molecule has 3 unspecified atom stereocenters. The number of hydrogen-bond acceptors (Lipinski definition) is 2. The van der Waals surface area contributed by atoms with E-state index in [1.165, 1.54) is 6.07 Å². The summed E-state index contributed by atoms with van der Waals surface area (Å²) in [5.74, 6) is -4.46. The lowest BCUT2D eigenvalue weighted by atomic mass is 9.99. The molecule has 0 heterocycles. The van der Waals surface area contributed by atoms with Gasteiger partial charge < -0.3 is 10.4 Å². The van der Waals surface area contributed by atoms with Gasteiger partial charge in [0.1, 0.15) is 0 Å². The van der Waals surface area contributed by atoms with E-state index in [0.717, 1.165) is 12.1 Å². The van der Waals surface area contributed by atoms with Crippen molar-refractivity contribution in [3.05, 3.63) is 71.3 Å². The quantitative estimate of drug-likeness (QED) is 0.846. The van der Waals surface area contributed by atoms with E-state index in [0.29, 0.717) is 17.5 Å². The minimum Gasteiger partial charge on any atom is -0.481 e. The maximum atomic E-state index is 13.3. The van der Waals surface area contributed by atoms with Crippen molar-refractivity contribution in [1.82, 2.24) is 5.32 Å². The van der Waals surface area contributed by atoms with Crippen LogP contribution in [0.4, 0.5) is 8.78 Å². The highest BCUT2D eigenvalue weighted by molar-refractivity contribution is 5.84. The van der Waals surface area contributed by atoms with Crippen LogP contribution in [-0.2, 0) is 9.59 Å². The maximum Gasteiger partial charge on any atom is 0.312 e. The zero-order valence-corrected chi connectivity index (χ0v) is 13.3. The van der Waals surface area contributed by atoms with Crippen molar-refractivity contribution in [2.24, 2.45) is 5.92 Å². The molecule has 0 radical (unpaired) electrons. The number of rotatable bonds is 6. The summed E-state index contributed by atoms with van der Waals surface area (Å²) in [6.07, 6.45) is 0.542. The van der Waals surface area contributed by atoms with Crippen LogP contribution in [-0.4, -0.2) is 23.5 Å². The van der Waals surface area contributed by atoms with Crippen LogP contribution in [0.15, 0.2) is 48.5 Å². The van der Waals surface area contributed by atoms with Gasteiger partial charge in [-0.15, -0.1) is 0 Å². The van der Waals surface area contributed by atoms with Gasteiger partial charge in [-0.2, -0.15) is 0 Å². The van der Waals surface area contributed by atoms with Crippen LogP contribution in [0.25, 0.3) is 0 Å². The van der Waals surface area contributed by atoms with Crippen LogP contribution >= 0.6 is 0 Å². The molecule has 0 aliphatic heterocycles. The van der Waals surface area contributed by atoms with Crippen molar-refractivity contribution in [2.45, 2.75) is 18.3 Å². The topological polar surface area (TPSA) is 66.4 Å². The van der Waals surface area contributed by atoms with Crippen molar-refractivity contribution >= 4 is 11.9 Å². The number of carboxylic acid groups (broad SMARTS) is 1. The largest absolute Gasteiger partial charge is 0.481 e. The van der Waals surface area contributed by atoms with Crippen molar-refractivity contribution < 1.29 is 23.5 Å². The molecule has 4 nitrogen and oxygen atoms in total. The number of hydrogen-bond donors (Lipinski definition) is 2. The first-order valence-corrected chi connectivity index (χ1v) is 7.97. The summed E-state index contributed by atoms with van der Waals surface area (Å²) in [6, 6.07) is 12.3. The van der Waals surface area contributed by atoms with Gasteiger partial charge in [0.15, 0.2) is 11.6 Å². The summed E-state index contributed by atoms with van der Waals surface area (Å²) in [4.78, 5) is 23.7. The standard InChI is InChI=1S/C19H17F2NO3/c20-16-7-6-12(8-17(16)21)13-9-14(13)18(23)22-10-15(19(24)25)11-4-2-1-3-5-11/h1-8,13-15H,9-10H2,(H,22,23)(H,24,25). The van der Waals surface area contributed by atoms with Gasteiger partial charge in [0.2, 0.25) is 5.91 Å². The Morgan fingerprint density at radius 2 is 1.84 bits per heavy atom. The first kappa shape index (κ1) is 17.1. The Morgan fingerprint density at radius 1 is 1.12 bits per heavy atom. The smallest absolute Gasteiger partial charge is 0.312 e. The van der Waals surface area contributed by atoms with Crippen molar-refractivity contribution in [1.29, 1.82) is 0 Å². The monoisotopic (exact) mass is 345 g/mol. The van der Waals surface area contributed by atoms with Gasteiger partial charge in [0, 0.05) is 12.5 Å². The maximum absolute atomic E-state index is 13.3. The molecule has 3 rings (SSSR count). The third-order valence-corrected chi connectivity index (χ3v) is 4.48. The molecule has 2 aromatic carbocycles. The van der Waals surface area contributed by atoms with Crippen molar-refractivity contribution in [2.75, 3.05) is 6.54 Å². The first-order chi connectivity index (χ1) is 12.0.